The summed E-state index contributed by atoms with van der Waals surface area (Å²) in [4.78, 5) is 19.3. The van der Waals surface area contributed by atoms with Crippen molar-refractivity contribution in [3.63, 3.8) is 0 Å². The van der Waals surface area contributed by atoms with Crippen molar-refractivity contribution < 1.29 is 9.18 Å². The third-order valence-corrected chi connectivity index (χ3v) is 6.67. The number of rotatable bonds is 6. The number of hydrogen-bond acceptors (Lipinski definition) is 4. The number of fused-ring (bicyclic) bond motifs is 1. The standard InChI is InChI=1S/C24H28FN5O/c25-19-8-3-7-18(15-19)20-9-4-14-29(20)23-11-10-22-27-16-21(30(22)28-23)24(31)26-13-12-17-5-1-2-6-17/h3,7-8,10-11,15-17,20H,1-2,4-6,9,12-14H2,(H,26,31)/t20-/m1/s1. The van der Waals surface area contributed by atoms with E-state index in [-0.39, 0.29) is 17.8 Å². The van der Waals surface area contributed by atoms with Gasteiger partial charge < -0.3 is 10.2 Å². The van der Waals surface area contributed by atoms with Gasteiger partial charge in [0.2, 0.25) is 0 Å². The highest BCUT2D eigenvalue weighted by Crippen LogP contribution is 2.35. The number of hydrogen-bond donors (Lipinski definition) is 1. The molecular formula is C24H28FN5O. The lowest BCUT2D eigenvalue weighted by Crippen LogP contribution is -2.28. The first kappa shape index (κ1) is 20.0. The molecule has 3 aromatic rings. The fraction of sp³-hybridized carbons (Fsp3) is 0.458. The Morgan fingerprint density at radius 1 is 1.13 bits per heavy atom. The van der Waals surface area contributed by atoms with Gasteiger partial charge in [0.05, 0.1) is 12.2 Å². The zero-order valence-electron chi connectivity index (χ0n) is 17.6. The second kappa shape index (κ2) is 8.65. The highest BCUT2D eigenvalue weighted by Gasteiger charge is 2.28. The van der Waals surface area contributed by atoms with Crippen LogP contribution in [0.1, 0.15) is 67.0 Å². The summed E-state index contributed by atoms with van der Waals surface area (Å²) in [6.45, 7) is 1.53. The van der Waals surface area contributed by atoms with Crippen molar-refractivity contribution in [2.24, 2.45) is 5.92 Å². The number of imidazole rings is 1. The van der Waals surface area contributed by atoms with Crippen LogP contribution in [-0.4, -0.2) is 33.6 Å². The van der Waals surface area contributed by atoms with Gasteiger partial charge in [0, 0.05) is 13.1 Å². The van der Waals surface area contributed by atoms with Gasteiger partial charge in [-0.15, -0.1) is 5.10 Å². The zero-order chi connectivity index (χ0) is 21.2. The van der Waals surface area contributed by atoms with Gasteiger partial charge in [-0.3, -0.25) is 4.79 Å². The van der Waals surface area contributed by atoms with Gasteiger partial charge >= 0.3 is 0 Å². The van der Waals surface area contributed by atoms with Crippen LogP contribution in [0.5, 0.6) is 0 Å². The number of nitrogens with one attached hydrogen (secondary N) is 1. The average molecular weight is 422 g/mol. The SMILES string of the molecule is O=C(NCCC1CCCC1)c1cnc2ccc(N3CCC[C@@H]3c3cccc(F)c3)nn12. The van der Waals surface area contributed by atoms with E-state index < -0.39 is 0 Å². The van der Waals surface area contributed by atoms with E-state index in [9.17, 15) is 9.18 Å². The van der Waals surface area contributed by atoms with E-state index >= 15 is 0 Å². The number of aromatic nitrogens is 3. The molecule has 3 heterocycles. The summed E-state index contributed by atoms with van der Waals surface area (Å²) < 4.78 is 15.4. The second-order valence-corrected chi connectivity index (χ2v) is 8.71. The summed E-state index contributed by atoms with van der Waals surface area (Å²) in [5, 5.41) is 7.79. The Morgan fingerprint density at radius 2 is 2.00 bits per heavy atom. The number of carbonyl (C=O) groups is 1. The molecule has 162 valence electrons. The Hall–Kier alpha value is -2.96. The van der Waals surface area contributed by atoms with Crippen molar-refractivity contribution in [1.29, 1.82) is 0 Å². The van der Waals surface area contributed by atoms with Crippen LogP contribution in [0.2, 0.25) is 0 Å². The lowest BCUT2D eigenvalue weighted by molar-refractivity contribution is 0.0944. The van der Waals surface area contributed by atoms with Crippen LogP contribution in [0, 0.1) is 11.7 Å². The molecule has 0 bridgehead atoms. The van der Waals surface area contributed by atoms with Crippen LogP contribution in [0.3, 0.4) is 0 Å². The Kier molecular flexibility index (Phi) is 5.57. The van der Waals surface area contributed by atoms with E-state index in [4.69, 9.17) is 5.10 Å². The minimum absolute atomic E-state index is 0.0767. The lowest BCUT2D eigenvalue weighted by Gasteiger charge is -2.26. The molecule has 31 heavy (non-hydrogen) atoms. The van der Waals surface area contributed by atoms with Crippen molar-refractivity contribution in [2.75, 3.05) is 18.0 Å². The monoisotopic (exact) mass is 421 g/mol. The molecule has 7 heteroatoms. The average Bonchev–Trinajstić information content (AvgIpc) is 3.53. The van der Waals surface area contributed by atoms with Crippen LogP contribution >= 0.6 is 0 Å². The summed E-state index contributed by atoms with van der Waals surface area (Å²) >= 11 is 0. The van der Waals surface area contributed by atoms with E-state index in [1.54, 1.807) is 22.8 Å². The van der Waals surface area contributed by atoms with Crippen LogP contribution in [0.15, 0.2) is 42.6 Å². The maximum Gasteiger partial charge on any atom is 0.271 e. The fourth-order valence-electron chi connectivity index (χ4n) is 5.05. The summed E-state index contributed by atoms with van der Waals surface area (Å²) in [7, 11) is 0. The minimum Gasteiger partial charge on any atom is -0.351 e. The Morgan fingerprint density at radius 3 is 2.84 bits per heavy atom. The molecule has 1 aromatic carbocycles. The van der Waals surface area contributed by atoms with Crippen LogP contribution in [0.25, 0.3) is 5.65 Å². The number of anilines is 1. The molecular weight excluding hydrogens is 393 g/mol. The summed E-state index contributed by atoms with van der Waals surface area (Å²) in [5.41, 5.74) is 2.05. The predicted octanol–water partition coefficient (Wildman–Crippen LogP) is 4.52. The predicted molar refractivity (Wildman–Crippen MR) is 118 cm³/mol. The van der Waals surface area contributed by atoms with Crippen LogP contribution < -0.4 is 10.2 Å². The number of carbonyl (C=O) groups excluding carboxylic acids is 1. The fourth-order valence-corrected chi connectivity index (χ4v) is 5.05. The van der Waals surface area contributed by atoms with Crippen LogP contribution in [-0.2, 0) is 0 Å². The highest BCUT2D eigenvalue weighted by molar-refractivity contribution is 5.93. The lowest BCUT2D eigenvalue weighted by atomic mass is 10.0. The Labute approximate surface area is 181 Å². The highest BCUT2D eigenvalue weighted by atomic mass is 19.1. The number of amides is 1. The third kappa shape index (κ3) is 4.13. The Bertz CT molecular complexity index is 1070. The maximum absolute atomic E-state index is 13.8. The molecule has 2 aromatic heterocycles. The van der Waals surface area contributed by atoms with Gasteiger partial charge in [-0.05, 0) is 55.0 Å². The smallest absolute Gasteiger partial charge is 0.271 e. The third-order valence-electron chi connectivity index (χ3n) is 6.67. The molecule has 2 fully saturated rings. The summed E-state index contributed by atoms with van der Waals surface area (Å²) in [5.74, 6) is 1.15. The molecule has 0 unspecified atom stereocenters. The largest absolute Gasteiger partial charge is 0.351 e. The van der Waals surface area contributed by atoms with Gasteiger partial charge in [0.15, 0.2) is 11.3 Å². The molecule has 1 amide bonds. The van der Waals surface area contributed by atoms with Gasteiger partial charge in [0.1, 0.15) is 11.6 Å². The molecule has 6 nitrogen and oxygen atoms in total. The van der Waals surface area contributed by atoms with Crippen molar-refractivity contribution >= 4 is 17.4 Å². The molecule has 1 saturated carbocycles. The quantitative estimate of drug-likeness (QED) is 0.636. The maximum atomic E-state index is 13.8. The molecule has 1 atom stereocenters. The number of halogens is 1. The first-order valence-electron chi connectivity index (χ1n) is 11.3. The topological polar surface area (TPSA) is 62.5 Å². The molecule has 1 aliphatic heterocycles. The summed E-state index contributed by atoms with van der Waals surface area (Å²) in [6, 6.07) is 10.7. The first-order chi connectivity index (χ1) is 15.2. The van der Waals surface area contributed by atoms with E-state index in [2.05, 4.69) is 15.2 Å². The van der Waals surface area contributed by atoms with E-state index in [0.29, 0.717) is 17.9 Å². The van der Waals surface area contributed by atoms with Crippen molar-refractivity contribution in [2.45, 2.75) is 51.0 Å². The number of nitrogens with zero attached hydrogens (tertiary/aromatic N) is 4. The molecule has 0 radical (unpaired) electrons. The van der Waals surface area contributed by atoms with E-state index in [1.807, 2.05) is 18.2 Å². The van der Waals surface area contributed by atoms with Gasteiger partial charge in [-0.1, -0.05) is 37.8 Å². The summed E-state index contributed by atoms with van der Waals surface area (Å²) in [6.07, 6.45) is 9.76. The van der Waals surface area contributed by atoms with Crippen molar-refractivity contribution in [3.05, 3.63) is 59.7 Å². The Balaban J connectivity index is 1.35. The molecule has 5 rings (SSSR count). The first-order valence-corrected chi connectivity index (χ1v) is 11.3. The molecule has 2 aliphatic rings. The number of benzene rings is 1. The molecule has 1 N–H and O–H groups in total. The van der Waals surface area contributed by atoms with Crippen molar-refractivity contribution in [1.82, 2.24) is 19.9 Å². The van der Waals surface area contributed by atoms with Gasteiger partial charge in [-0.25, -0.2) is 13.9 Å². The molecule has 0 spiro atoms. The normalized spacial score (nSPS) is 19.4. The zero-order valence-corrected chi connectivity index (χ0v) is 17.6. The van der Waals surface area contributed by atoms with E-state index in [0.717, 1.165) is 43.1 Å². The van der Waals surface area contributed by atoms with Gasteiger partial charge in [-0.2, -0.15) is 0 Å². The molecule has 1 saturated heterocycles. The van der Waals surface area contributed by atoms with E-state index in [1.165, 1.54) is 31.7 Å². The van der Waals surface area contributed by atoms with Crippen molar-refractivity contribution in [3.8, 4) is 0 Å². The van der Waals surface area contributed by atoms with Gasteiger partial charge in [0.25, 0.3) is 5.91 Å². The second-order valence-electron chi connectivity index (χ2n) is 8.71. The molecule has 1 aliphatic carbocycles. The minimum atomic E-state index is -0.223. The van der Waals surface area contributed by atoms with Crippen LogP contribution in [0.4, 0.5) is 10.2 Å².